The Bertz CT molecular complexity index is 86.5. The van der Waals surface area contributed by atoms with E-state index in [1.807, 2.05) is 0 Å². The van der Waals surface area contributed by atoms with Crippen molar-refractivity contribution in [3.8, 4) is 0 Å². The molecule has 0 amide bonds. The zero-order chi connectivity index (χ0) is 6.53. The molecule has 0 radical (unpaired) electrons. The van der Waals surface area contributed by atoms with Gasteiger partial charge in [-0.2, -0.15) is 0 Å². The third-order valence-electron chi connectivity index (χ3n) is 1.15. The summed E-state index contributed by atoms with van der Waals surface area (Å²) in [6, 6.07) is 0. The average Bonchev–Trinajstić information content (AvgIpc) is 1.56. The normalized spacial score (nSPS) is 22.0. The largest absolute Gasteiger partial charge is 0.465 e. The predicted octanol–water partition coefficient (Wildman–Crippen LogP) is 0.340. The molecule has 3 nitrogen and oxygen atoms in total. The molecule has 0 spiro atoms. The molecule has 0 saturated carbocycles. The van der Waals surface area contributed by atoms with Crippen LogP contribution in [0.2, 0.25) is 0 Å². The van der Waals surface area contributed by atoms with Crippen LogP contribution in [0.25, 0.3) is 0 Å². The zero-order valence-corrected chi connectivity index (χ0v) is 5.26. The van der Waals surface area contributed by atoms with Crippen molar-refractivity contribution in [2.45, 2.75) is 12.8 Å². The van der Waals surface area contributed by atoms with Gasteiger partial charge in [-0.15, -0.1) is 0 Å². The Morgan fingerprint density at radius 3 is 1.56 bits per heavy atom. The van der Waals surface area contributed by atoms with E-state index in [1.165, 1.54) is 6.42 Å². The molecule has 2 heterocycles. The Labute approximate surface area is 53.9 Å². The van der Waals surface area contributed by atoms with Crippen LogP contribution >= 0.6 is 0 Å². The van der Waals surface area contributed by atoms with E-state index in [4.69, 9.17) is 4.74 Å². The number of rotatable bonds is 0. The Kier molecular flexibility index (Phi) is 2.51. The van der Waals surface area contributed by atoms with Crippen LogP contribution in [0.5, 0.6) is 0 Å². The molecule has 2 saturated heterocycles. The molecule has 2 rings (SSSR count). The Morgan fingerprint density at radius 2 is 1.56 bits per heavy atom. The molecule has 52 valence electrons. The maximum Gasteiger partial charge on any atom is 0.309 e. The van der Waals surface area contributed by atoms with E-state index in [0.29, 0.717) is 13.0 Å². The molecule has 2 aliphatic heterocycles. The van der Waals surface area contributed by atoms with Crippen molar-refractivity contribution < 1.29 is 14.3 Å². The first-order valence-corrected chi connectivity index (χ1v) is 3.13. The maximum absolute atomic E-state index is 9.68. The molecule has 0 N–H and O–H groups in total. The Hall–Kier alpha value is -0.570. The molecular weight excluding hydrogens is 120 g/mol. The summed E-state index contributed by atoms with van der Waals surface area (Å²) in [5, 5.41) is 0. The number of esters is 1. The van der Waals surface area contributed by atoms with Gasteiger partial charge in [-0.05, 0) is 6.42 Å². The summed E-state index contributed by atoms with van der Waals surface area (Å²) in [5.74, 6) is -0.0648. The molecule has 0 aliphatic carbocycles. The summed E-state index contributed by atoms with van der Waals surface area (Å²) in [6.45, 7) is 2.64. The molecular formula is C6H10O3. The summed E-state index contributed by atoms with van der Waals surface area (Å²) >= 11 is 0. The highest BCUT2D eigenvalue weighted by Crippen LogP contribution is 1.97. The quantitative estimate of drug-likeness (QED) is 0.443. The van der Waals surface area contributed by atoms with Crippen LogP contribution in [0.3, 0.4) is 0 Å². The number of carbonyl (C=O) groups excluding carboxylic acids is 1. The van der Waals surface area contributed by atoms with E-state index in [0.717, 1.165) is 13.2 Å². The SMILES string of the molecule is C1COC1.O=C1CCO1. The van der Waals surface area contributed by atoms with Crippen molar-refractivity contribution in [3.05, 3.63) is 0 Å². The van der Waals surface area contributed by atoms with Crippen molar-refractivity contribution in [3.63, 3.8) is 0 Å². The zero-order valence-electron chi connectivity index (χ0n) is 5.26. The minimum absolute atomic E-state index is 0.0648. The van der Waals surface area contributed by atoms with Crippen molar-refractivity contribution >= 4 is 5.97 Å². The van der Waals surface area contributed by atoms with Crippen molar-refractivity contribution in [1.82, 2.24) is 0 Å². The third-order valence-corrected chi connectivity index (χ3v) is 1.15. The number of hydrogen-bond donors (Lipinski definition) is 0. The molecule has 0 unspecified atom stereocenters. The van der Waals surface area contributed by atoms with Gasteiger partial charge >= 0.3 is 5.97 Å². The van der Waals surface area contributed by atoms with Gasteiger partial charge in [0.2, 0.25) is 0 Å². The maximum atomic E-state index is 9.68. The Balaban J connectivity index is 0.0000000922. The summed E-state index contributed by atoms with van der Waals surface area (Å²) in [7, 11) is 0. The van der Waals surface area contributed by atoms with Crippen LogP contribution in [0.4, 0.5) is 0 Å². The highest BCUT2D eigenvalue weighted by molar-refractivity contribution is 5.73. The second-order valence-corrected chi connectivity index (χ2v) is 1.94. The van der Waals surface area contributed by atoms with Gasteiger partial charge in [-0.3, -0.25) is 4.79 Å². The second kappa shape index (κ2) is 3.45. The average molecular weight is 130 g/mol. The fourth-order valence-corrected chi connectivity index (χ4v) is 0.330. The van der Waals surface area contributed by atoms with E-state index < -0.39 is 0 Å². The summed E-state index contributed by atoms with van der Waals surface area (Å²) in [6.07, 6.45) is 1.90. The summed E-state index contributed by atoms with van der Waals surface area (Å²) < 4.78 is 9.01. The van der Waals surface area contributed by atoms with Crippen molar-refractivity contribution in [2.75, 3.05) is 19.8 Å². The van der Waals surface area contributed by atoms with E-state index in [2.05, 4.69) is 4.74 Å². The molecule has 2 fully saturated rings. The van der Waals surface area contributed by atoms with Crippen molar-refractivity contribution in [1.29, 1.82) is 0 Å². The van der Waals surface area contributed by atoms with E-state index in [1.54, 1.807) is 0 Å². The summed E-state index contributed by atoms with van der Waals surface area (Å²) in [4.78, 5) is 9.68. The van der Waals surface area contributed by atoms with Gasteiger partial charge < -0.3 is 9.47 Å². The molecule has 0 aromatic heterocycles. The van der Waals surface area contributed by atoms with Gasteiger partial charge in [0.05, 0.1) is 6.42 Å². The summed E-state index contributed by atoms with van der Waals surface area (Å²) in [5.41, 5.74) is 0. The van der Waals surface area contributed by atoms with Gasteiger partial charge in [0.25, 0.3) is 0 Å². The Morgan fingerprint density at radius 1 is 1.22 bits per heavy atom. The number of cyclic esters (lactones) is 1. The topological polar surface area (TPSA) is 35.5 Å². The number of ether oxygens (including phenoxy) is 2. The second-order valence-electron chi connectivity index (χ2n) is 1.94. The van der Waals surface area contributed by atoms with E-state index in [-0.39, 0.29) is 5.97 Å². The van der Waals surface area contributed by atoms with E-state index in [9.17, 15) is 4.79 Å². The van der Waals surface area contributed by atoms with Gasteiger partial charge in [0.15, 0.2) is 0 Å². The van der Waals surface area contributed by atoms with Crippen LogP contribution in [-0.2, 0) is 14.3 Å². The monoisotopic (exact) mass is 130 g/mol. The lowest BCUT2D eigenvalue weighted by molar-refractivity contribution is -0.157. The minimum Gasteiger partial charge on any atom is -0.465 e. The first-order valence-electron chi connectivity index (χ1n) is 3.13. The van der Waals surface area contributed by atoms with Crippen molar-refractivity contribution in [2.24, 2.45) is 0 Å². The lowest BCUT2D eigenvalue weighted by Crippen LogP contribution is -2.18. The molecule has 2 aliphatic rings. The van der Waals surface area contributed by atoms with Crippen LogP contribution in [-0.4, -0.2) is 25.8 Å². The predicted molar refractivity (Wildman–Crippen MR) is 31.0 cm³/mol. The first-order chi connectivity index (χ1) is 4.39. The van der Waals surface area contributed by atoms with Crippen LogP contribution < -0.4 is 0 Å². The molecule has 0 bridgehead atoms. The fourth-order valence-electron chi connectivity index (χ4n) is 0.330. The molecule has 0 aromatic rings. The highest BCUT2D eigenvalue weighted by Gasteiger charge is 2.10. The molecule has 3 heteroatoms. The lowest BCUT2D eigenvalue weighted by atomic mass is 10.4. The van der Waals surface area contributed by atoms with Crippen LogP contribution in [0.15, 0.2) is 0 Å². The van der Waals surface area contributed by atoms with E-state index >= 15 is 0 Å². The minimum atomic E-state index is -0.0648. The number of carbonyl (C=O) groups is 1. The molecule has 9 heavy (non-hydrogen) atoms. The number of hydrogen-bond acceptors (Lipinski definition) is 3. The first kappa shape index (κ1) is 6.55. The third kappa shape index (κ3) is 2.46. The lowest BCUT2D eigenvalue weighted by Gasteiger charge is -2.09. The van der Waals surface area contributed by atoms with Crippen LogP contribution in [0, 0.1) is 0 Å². The fraction of sp³-hybridized carbons (Fsp3) is 0.833. The van der Waals surface area contributed by atoms with Gasteiger partial charge in [0.1, 0.15) is 6.61 Å². The standard InChI is InChI=1S/C3H4O2.C3H6O/c4-3-1-2-5-3;1-2-4-3-1/h1-2H2;1-3H2. The van der Waals surface area contributed by atoms with Gasteiger partial charge in [0, 0.05) is 13.2 Å². The smallest absolute Gasteiger partial charge is 0.309 e. The highest BCUT2D eigenvalue weighted by atomic mass is 16.6. The van der Waals surface area contributed by atoms with Gasteiger partial charge in [-0.25, -0.2) is 0 Å². The van der Waals surface area contributed by atoms with Crippen LogP contribution in [0.1, 0.15) is 12.8 Å². The van der Waals surface area contributed by atoms with Gasteiger partial charge in [-0.1, -0.05) is 0 Å². The molecule has 0 aromatic carbocycles. The molecule has 0 atom stereocenters.